The Morgan fingerprint density at radius 3 is 2.56 bits per heavy atom. The summed E-state index contributed by atoms with van der Waals surface area (Å²) >= 11 is 1.54. The molecule has 0 aliphatic heterocycles. The summed E-state index contributed by atoms with van der Waals surface area (Å²) in [5.41, 5.74) is 3.20. The molecule has 10 nitrogen and oxygen atoms in total. The number of pyridine rings is 1. The molecule has 0 spiro atoms. The molecule has 0 amide bonds. The van der Waals surface area contributed by atoms with Crippen LogP contribution < -0.4 is 10.6 Å². The first-order valence-corrected chi connectivity index (χ1v) is 13.2. The van der Waals surface area contributed by atoms with Crippen LogP contribution in [0.2, 0.25) is 0 Å². The Bertz CT molecular complexity index is 1230. The topological polar surface area (TPSA) is 146 Å². The van der Waals surface area contributed by atoms with E-state index < -0.39 is 24.2 Å². The van der Waals surface area contributed by atoms with E-state index in [9.17, 15) is 15.3 Å². The predicted octanol–water partition coefficient (Wildman–Crippen LogP) is 2.51. The number of aromatic nitrogens is 4. The van der Waals surface area contributed by atoms with Crippen LogP contribution in [-0.2, 0) is 4.74 Å². The number of aliphatic hydroxyl groups excluding tert-OH is 3. The number of aliphatic hydroxyl groups is 3. The predicted molar refractivity (Wildman–Crippen MR) is 139 cm³/mol. The molecule has 2 aliphatic rings. The Labute approximate surface area is 214 Å². The highest BCUT2D eigenvalue weighted by molar-refractivity contribution is 7.21. The maximum atomic E-state index is 10.7. The lowest BCUT2D eigenvalue weighted by Gasteiger charge is -2.38. The summed E-state index contributed by atoms with van der Waals surface area (Å²) in [5.74, 6) is 1.12. The van der Waals surface area contributed by atoms with Crippen molar-refractivity contribution in [2.45, 2.75) is 70.4 Å². The Morgan fingerprint density at radius 2 is 1.89 bits per heavy atom. The van der Waals surface area contributed by atoms with E-state index in [0.29, 0.717) is 30.2 Å². The highest BCUT2D eigenvalue weighted by Gasteiger charge is 2.42. The summed E-state index contributed by atoms with van der Waals surface area (Å²) < 4.78 is 6.44. The van der Waals surface area contributed by atoms with Gasteiger partial charge in [-0.25, -0.2) is 9.97 Å². The van der Waals surface area contributed by atoms with Crippen molar-refractivity contribution in [2.75, 3.05) is 24.4 Å². The van der Waals surface area contributed by atoms with Crippen LogP contribution in [0, 0.1) is 25.7 Å². The number of ether oxygens (including phenoxy) is 1. The molecule has 194 valence electrons. The van der Waals surface area contributed by atoms with Gasteiger partial charge in [0.1, 0.15) is 22.4 Å². The third-order valence-corrected chi connectivity index (χ3v) is 8.72. The summed E-state index contributed by atoms with van der Waals surface area (Å²) in [6.45, 7) is 5.80. The molecule has 2 aliphatic carbocycles. The molecular formula is C25H34N6O4S. The molecule has 36 heavy (non-hydrogen) atoms. The maximum Gasteiger partial charge on any atom is 0.225 e. The Hall–Kier alpha value is -2.44. The molecule has 5 rings (SSSR count). The summed E-state index contributed by atoms with van der Waals surface area (Å²) in [6, 6.07) is 1.64. The molecule has 3 heterocycles. The van der Waals surface area contributed by atoms with Crippen LogP contribution in [0.25, 0.3) is 20.8 Å². The number of aryl methyl sites for hydroxylation is 2. The molecule has 0 bridgehead atoms. The lowest BCUT2D eigenvalue weighted by atomic mass is 9.78. The van der Waals surface area contributed by atoms with E-state index in [1.54, 1.807) is 24.6 Å². The molecule has 2 fully saturated rings. The van der Waals surface area contributed by atoms with E-state index in [2.05, 4.69) is 22.5 Å². The van der Waals surface area contributed by atoms with Crippen molar-refractivity contribution in [1.29, 1.82) is 0 Å². The minimum absolute atomic E-state index is 0.170. The Morgan fingerprint density at radius 1 is 1.11 bits per heavy atom. The number of nitrogens with zero attached hydrogens (tertiary/aromatic N) is 4. The van der Waals surface area contributed by atoms with Gasteiger partial charge < -0.3 is 30.7 Å². The standard InChI is InChI=1S/C25H34N6O4S/c1-11(14-7-16(8-14)35-4)27-25-28-12(2)19(24-30-20-13(3)26-6-5-18(20)36-24)23(31-25)29-17-9-15(10-32)21(33)22(17)34/h5-6,11,14-17,21-22,32-34H,7-10H2,1-4H3,(H2,27,28,29,31)/t11-,14-,15-,16-,17-,21-,22+/m1/s1. The van der Waals surface area contributed by atoms with E-state index in [0.717, 1.165) is 45.0 Å². The smallest absolute Gasteiger partial charge is 0.225 e. The van der Waals surface area contributed by atoms with Crippen molar-refractivity contribution in [1.82, 2.24) is 19.9 Å². The highest BCUT2D eigenvalue weighted by atomic mass is 32.1. The van der Waals surface area contributed by atoms with E-state index in [1.165, 1.54) is 0 Å². The van der Waals surface area contributed by atoms with Gasteiger partial charge in [0.2, 0.25) is 5.95 Å². The molecule has 11 heteroatoms. The van der Waals surface area contributed by atoms with Gasteiger partial charge in [-0.05, 0) is 52.0 Å². The highest BCUT2D eigenvalue weighted by Crippen LogP contribution is 2.39. The van der Waals surface area contributed by atoms with Crippen LogP contribution in [-0.4, -0.2) is 79.4 Å². The monoisotopic (exact) mass is 514 g/mol. The van der Waals surface area contributed by atoms with Crippen molar-refractivity contribution in [2.24, 2.45) is 11.8 Å². The number of anilines is 2. The molecule has 2 saturated carbocycles. The van der Waals surface area contributed by atoms with E-state index in [-0.39, 0.29) is 12.6 Å². The zero-order chi connectivity index (χ0) is 25.6. The molecule has 5 atom stereocenters. The van der Waals surface area contributed by atoms with Gasteiger partial charge in [-0.1, -0.05) is 0 Å². The number of fused-ring (bicyclic) bond motifs is 1. The van der Waals surface area contributed by atoms with Crippen molar-refractivity contribution >= 4 is 33.3 Å². The summed E-state index contributed by atoms with van der Waals surface area (Å²) in [4.78, 5) is 18.8. The minimum Gasteiger partial charge on any atom is -0.396 e. The van der Waals surface area contributed by atoms with Gasteiger partial charge in [0, 0.05) is 31.9 Å². The minimum atomic E-state index is -1.02. The van der Waals surface area contributed by atoms with Gasteiger partial charge in [-0.2, -0.15) is 4.98 Å². The van der Waals surface area contributed by atoms with Crippen molar-refractivity contribution in [3.63, 3.8) is 0 Å². The second-order valence-corrected chi connectivity index (χ2v) is 11.1. The van der Waals surface area contributed by atoms with Crippen LogP contribution in [0.5, 0.6) is 0 Å². The molecule has 3 aromatic heterocycles. The van der Waals surface area contributed by atoms with Gasteiger partial charge in [0.15, 0.2) is 0 Å². The molecule has 5 N–H and O–H groups in total. The summed E-state index contributed by atoms with van der Waals surface area (Å²) in [5, 5.41) is 38.2. The first-order chi connectivity index (χ1) is 17.3. The largest absolute Gasteiger partial charge is 0.396 e. The zero-order valence-electron chi connectivity index (χ0n) is 21.0. The second kappa shape index (κ2) is 10.1. The fourth-order valence-electron chi connectivity index (χ4n) is 5.24. The lowest BCUT2D eigenvalue weighted by molar-refractivity contribution is -0.00343. The van der Waals surface area contributed by atoms with Gasteiger partial charge in [-0.3, -0.25) is 4.98 Å². The molecule has 0 saturated heterocycles. The summed E-state index contributed by atoms with van der Waals surface area (Å²) in [6.07, 6.45) is 2.48. The zero-order valence-corrected chi connectivity index (χ0v) is 21.8. The molecule has 0 aromatic carbocycles. The number of thiazole rings is 1. The molecule has 0 radical (unpaired) electrons. The van der Waals surface area contributed by atoms with Gasteiger partial charge in [-0.15, -0.1) is 11.3 Å². The molecule has 0 unspecified atom stereocenters. The van der Waals surface area contributed by atoms with Crippen LogP contribution in [0.1, 0.15) is 37.6 Å². The van der Waals surface area contributed by atoms with Crippen molar-refractivity contribution in [3.8, 4) is 10.6 Å². The number of hydrogen-bond donors (Lipinski definition) is 5. The number of methoxy groups -OCH3 is 1. The van der Waals surface area contributed by atoms with Crippen molar-refractivity contribution in [3.05, 3.63) is 23.7 Å². The average Bonchev–Trinajstić information content (AvgIpc) is 3.35. The third kappa shape index (κ3) is 4.66. The first kappa shape index (κ1) is 25.2. The van der Waals surface area contributed by atoms with Crippen LogP contribution in [0.3, 0.4) is 0 Å². The van der Waals surface area contributed by atoms with Crippen molar-refractivity contribution < 1.29 is 20.1 Å². The fourth-order valence-corrected chi connectivity index (χ4v) is 6.35. The average molecular weight is 515 g/mol. The van der Waals surface area contributed by atoms with Crippen LogP contribution >= 0.6 is 11.3 Å². The lowest BCUT2D eigenvalue weighted by Crippen LogP contribution is -2.40. The Balaban J connectivity index is 1.50. The number of rotatable bonds is 8. The van der Waals surface area contributed by atoms with Crippen LogP contribution in [0.4, 0.5) is 11.8 Å². The fraction of sp³-hybridized carbons (Fsp3) is 0.600. The first-order valence-electron chi connectivity index (χ1n) is 12.4. The SMILES string of the molecule is CO[C@H]1C[C@H]([C@@H](C)Nc2nc(C)c(-c3nc4c(C)nccc4s3)c(N[C@@H]3C[C@H](CO)[C@@H](O)[C@H]3O)n2)C1. The second-order valence-electron chi connectivity index (χ2n) is 10.1. The van der Waals surface area contributed by atoms with E-state index in [4.69, 9.17) is 19.7 Å². The van der Waals surface area contributed by atoms with Gasteiger partial charge in [0.05, 0.1) is 39.9 Å². The van der Waals surface area contributed by atoms with Gasteiger partial charge in [0.25, 0.3) is 0 Å². The summed E-state index contributed by atoms with van der Waals surface area (Å²) in [7, 11) is 1.75. The van der Waals surface area contributed by atoms with Gasteiger partial charge >= 0.3 is 0 Å². The quantitative estimate of drug-likeness (QED) is 0.304. The van der Waals surface area contributed by atoms with Crippen LogP contribution in [0.15, 0.2) is 12.3 Å². The Kier molecular flexibility index (Phi) is 7.10. The third-order valence-electron chi connectivity index (χ3n) is 7.68. The van der Waals surface area contributed by atoms with E-state index >= 15 is 0 Å². The molecular weight excluding hydrogens is 480 g/mol. The normalized spacial score (nSPS) is 28.8. The maximum absolute atomic E-state index is 10.7. The van der Waals surface area contributed by atoms with E-state index in [1.807, 2.05) is 19.9 Å². The number of hydrogen-bond acceptors (Lipinski definition) is 11. The number of nitrogens with one attached hydrogen (secondary N) is 2. The molecule has 3 aromatic rings.